The molecule has 8 heteroatoms. The maximum absolute atomic E-state index is 12.5. The third-order valence-corrected chi connectivity index (χ3v) is 3.33. The van der Waals surface area contributed by atoms with Gasteiger partial charge < -0.3 is 5.11 Å². The summed E-state index contributed by atoms with van der Waals surface area (Å²) in [5.41, 5.74) is 0.248. The number of halogens is 4. The van der Waals surface area contributed by atoms with Crippen molar-refractivity contribution in [2.75, 3.05) is 0 Å². The van der Waals surface area contributed by atoms with Crippen LogP contribution in [0.5, 0.6) is 0 Å². The quantitative estimate of drug-likeness (QED) is 0.940. The Balaban J connectivity index is 2.42. The molecule has 0 amide bonds. The summed E-state index contributed by atoms with van der Waals surface area (Å²) in [4.78, 5) is 3.74. The van der Waals surface area contributed by atoms with Gasteiger partial charge in [0, 0.05) is 11.8 Å². The van der Waals surface area contributed by atoms with Crippen molar-refractivity contribution in [3.05, 3.63) is 40.3 Å². The molecular weight excluding hydrogens is 307 g/mol. The van der Waals surface area contributed by atoms with Crippen molar-refractivity contribution in [2.24, 2.45) is 0 Å². The Kier molecular flexibility index (Phi) is 4.53. The van der Waals surface area contributed by atoms with Crippen LogP contribution in [-0.2, 0) is 19.2 Å². The fourth-order valence-corrected chi connectivity index (χ4v) is 2.19. The number of aliphatic hydroxyl groups is 1. The van der Waals surface area contributed by atoms with Crippen molar-refractivity contribution in [3.63, 3.8) is 0 Å². The molecule has 0 radical (unpaired) electrons. The molecule has 1 N–H and O–H groups in total. The third-order valence-electron chi connectivity index (χ3n) is 2.94. The van der Waals surface area contributed by atoms with Gasteiger partial charge >= 0.3 is 6.18 Å². The lowest BCUT2D eigenvalue weighted by atomic mass is 10.2. The van der Waals surface area contributed by atoms with Gasteiger partial charge in [-0.3, -0.25) is 0 Å². The minimum absolute atomic E-state index is 0.160. The second-order valence-corrected chi connectivity index (χ2v) is 4.80. The first kappa shape index (κ1) is 15.8. The van der Waals surface area contributed by atoms with Crippen molar-refractivity contribution in [1.29, 1.82) is 0 Å². The molecule has 114 valence electrons. The SMILES string of the molecule is CCCc1nn(-c2ccc(C(F)(F)F)cn2)c(Cl)c1CO. The van der Waals surface area contributed by atoms with Gasteiger partial charge in [-0.1, -0.05) is 24.9 Å². The lowest BCUT2D eigenvalue weighted by Gasteiger charge is -2.07. The summed E-state index contributed by atoms with van der Waals surface area (Å²) in [5, 5.41) is 13.7. The van der Waals surface area contributed by atoms with Crippen LogP contribution < -0.4 is 0 Å². The number of nitrogens with zero attached hydrogens (tertiary/aromatic N) is 3. The van der Waals surface area contributed by atoms with Crippen LogP contribution in [0.2, 0.25) is 5.15 Å². The smallest absolute Gasteiger partial charge is 0.391 e. The molecule has 4 nitrogen and oxygen atoms in total. The minimum atomic E-state index is -4.44. The lowest BCUT2D eigenvalue weighted by Crippen LogP contribution is -2.07. The number of aromatic nitrogens is 3. The van der Waals surface area contributed by atoms with Crippen LogP contribution in [0, 0.1) is 0 Å². The van der Waals surface area contributed by atoms with Crippen LogP contribution >= 0.6 is 11.6 Å². The largest absolute Gasteiger partial charge is 0.417 e. The lowest BCUT2D eigenvalue weighted by molar-refractivity contribution is -0.137. The monoisotopic (exact) mass is 319 g/mol. The Morgan fingerprint density at radius 1 is 1.33 bits per heavy atom. The van der Waals surface area contributed by atoms with Crippen molar-refractivity contribution in [2.45, 2.75) is 32.5 Å². The van der Waals surface area contributed by atoms with Gasteiger partial charge in [0.2, 0.25) is 0 Å². The molecule has 0 aliphatic rings. The van der Waals surface area contributed by atoms with E-state index in [9.17, 15) is 18.3 Å². The summed E-state index contributed by atoms with van der Waals surface area (Å²) in [6.07, 6.45) is -2.29. The van der Waals surface area contributed by atoms with E-state index >= 15 is 0 Å². The number of hydrogen-bond acceptors (Lipinski definition) is 3. The average Bonchev–Trinajstić information content (AvgIpc) is 2.74. The maximum Gasteiger partial charge on any atom is 0.417 e. The van der Waals surface area contributed by atoms with Gasteiger partial charge in [-0.15, -0.1) is 0 Å². The second kappa shape index (κ2) is 6.03. The molecule has 0 unspecified atom stereocenters. The summed E-state index contributed by atoms with van der Waals surface area (Å²) < 4.78 is 38.7. The van der Waals surface area contributed by atoms with Crippen molar-refractivity contribution in [1.82, 2.24) is 14.8 Å². The van der Waals surface area contributed by atoms with Gasteiger partial charge in [-0.25, -0.2) is 9.67 Å². The highest BCUT2D eigenvalue weighted by atomic mass is 35.5. The summed E-state index contributed by atoms with van der Waals surface area (Å²) in [6.45, 7) is 1.67. The van der Waals surface area contributed by atoms with E-state index < -0.39 is 11.7 Å². The number of rotatable bonds is 4. The normalized spacial score (nSPS) is 11.9. The van der Waals surface area contributed by atoms with Crippen molar-refractivity contribution < 1.29 is 18.3 Å². The van der Waals surface area contributed by atoms with Crippen LogP contribution in [0.25, 0.3) is 5.82 Å². The Morgan fingerprint density at radius 2 is 2.05 bits per heavy atom. The van der Waals surface area contributed by atoms with E-state index in [1.165, 1.54) is 10.7 Å². The number of alkyl halides is 3. The Labute approximate surface area is 124 Å². The molecule has 2 heterocycles. The van der Waals surface area contributed by atoms with Crippen LogP contribution in [0.4, 0.5) is 13.2 Å². The van der Waals surface area contributed by atoms with Gasteiger partial charge in [0.25, 0.3) is 0 Å². The van der Waals surface area contributed by atoms with E-state index in [2.05, 4.69) is 10.1 Å². The summed E-state index contributed by atoms with van der Waals surface area (Å²) in [7, 11) is 0. The first-order chi connectivity index (χ1) is 9.88. The van der Waals surface area contributed by atoms with Crippen LogP contribution in [0.3, 0.4) is 0 Å². The molecule has 0 fully saturated rings. The molecular formula is C13H13ClF3N3O. The number of aliphatic hydroxyl groups excluding tert-OH is 1. The standard InChI is InChI=1S/C13H13ClF3N3O/c1-2-3-10-9(7-21)12(14)20(19-10)11-5-4-8(6-18-11)13(15,16)17/h4-6,21H,2-3,7H2,1H3. The zero-order chi connectivity index (χ0) is 15.6. The number of pyridine rings is 1. The molecule has 0 aliphatic carbocycles. The summed E-state index contributed by atoms with van der Waals surface area (Å²) >= 11 is 6.11. The molecule has 0 atom stereocenters. The Bertz CT molecular complexity index is 623. The molecule has 0 spiro atoms. The highest BCUT2D eigenvalue weighted by molar-refractivity contribution is 6.30. The zero-order valence-electron chi connectivity index (χ0n) is 11.2. The molecule has 0 saturated carbocycles. The van der Waals surface area contributed by atoms with E-state index in [4.69, 9.17) is 11.6 Å². The van der Waals surface area contributed by atoms with Crippen molar-refractivity contribution in [3.8, 4) is 5.82 Å². The molecule has 21 heavy (non-hydrogen) atoms. The maximum atomic E-state index is 12.5. The van der Waals surface area contributed by atoms with E-state index in [-0.39, 0.29) is 17.6 Å². The van der Waals surface area contributed by atoms with Gasteiger partial charge in [0.05, 0.1) is 17.9 Å². The van der Waals surface area contributed by atoms with E-state index in [1.807, 2.05) is 6.92 Å². The third kappa shape index (κ3) is 3.19. The van der Waals surface area contributed by atoms with Crippen LogP contribution in [-0.4, -0.2) is 19.9 Å². The van der Waals surface area contributed by atoms with Crippen LogP contribution in [0.1, 0.15) is 30.2 Å². The highest BCUT2D eigenvalue weighted by Gasteiger charge is 2.31. The molecule has 2 aromatic rings. The Hall–Kier alpha value is -1.60. The molecule has 0 aromatic carbocycles. The van der Waals surface area contributed by atoms with Gasteiger partial charge in [0.15, 0.2) is 5.82 Å². The fourth-order valence-electron chi connectivity index (χ4n) is 1.90. The van der Waals surface area contributed by atoms with Gasteiger partial charge in [-0.05, 0) is 18.6 Å². The Morgan fingerprint density at radius 3 is 2.52 bits per heavy atom. The summed E-state index contributed by atoms with van der Waals surface area (Å²) in [5.74, 6) is 0.171. The average molecular weight is 320 g/mol. The van der Waals surface area contributed by atoms with E-state index in [1.54, 1.807) is 0 Å². The topological polar surface area (TPSA) is 50.9 Å². The highest BCUT2D eigenvalue weighted by Crippen LogP contribution is 2.29. The van der Waals surface area contributed by atoms with Crippen molar-refractivity contribution >= 4 is 11.6 Å². The first-order valence-corrected chi connectivity index (χ1v) is 6.67. The van der Waals surface area contributed by atoms with E-state index in [0.29, 0.717) is 17.7 Å². The first-order valence-electron chi connectivity index (χ1n) is 6.29. The predicted molar refractivity (Wildman–Crippen MR) is 71.3 cm³/mol. The molecule has 2 aromatic heterocycles. The van der Waals surface area contributed by atoms with E-state index in [0.717, 1.165) is 18.7 Å². The van der Waals surface area contributed by atoms with Gasteiger partial charge in [0.1, 0.15) is 5.15 Å². The molecule has 2 rings (SSSR count). The molecule has 0 saturated heterocycles. The number of aryl methyl sites for hydroxylation is 1. The minimum Gasteiger partial charge on any atom is -0.391 e. The van der Waals surface area contributed by atoms with Crippen LogP contribution in [0.15, 0.2) is 18.3 Å². The molecule has 0 aliphatic heterocycles. The predicted octanol–water partition coefficient (Wildman–Crippen LogP) is 3.38. The summed E-state index contributed by atoms with van der Waals surface area (Å²) in [6, 6.07) is 2.11. The molecule has 0 bridgehead atoms. The fraction of sp³-hybridized carbons (Fsp3) is 0.385. The second-order valence-electron chi connectivity index (χ2n) is 4.44. The van der Waals surface area contributed by atoms with Gasteiger partial charge in [-0.2, -0.15) is 18.3 Å². The zero-order valence-corrected chi connectivity index (χ0v) is 11.9. The number of hydrogen-bond donors (Lipinski definition) is 1.